The zero-order valence-corrected chi connectivity index (χ0v) is 11.3. The molecule has 0 bridgehead atoms. The first-order valence-corrected chi connectivity index (χ1v) is 6.18. The molecule has 0 aliphatic heterocycles. The number of nitrogens with one attached hydrogen (secondary N) is 1. The van der Waals surface area contributed by atoms with Gasteiger partial charge < -0.3 is 10.4 Å². The maximum absolute atomic E-state index is 13.0. The first-order valence-electron chi connectivity index (χ1n) is 6.18. The summed E-state index contributed by atoms with van der Waals surface area (Å²) >= 11 is 0. The summed E-state index contributed by atoms with van der Waals surface area (Å²) in [5.74, 6) is -4.12. The van der Waals surface area contributed by atoms with Crippen molar-refractivity contribution in [1.29, 1.82) is 5.26 Å². The quantitative estimate of drug-likeness (QED) is 0.834. The first-order chi connectivity index (χ1) is 9.81. The van der Waals surface area contributed by atoms with E-state index in [1.54, 1.807) is 0 Å². The molecule has 0 unspecified atom stereocenters. The second-order valence-electron chi connectivity index (χ2n) is 4.68. The number of nitriles is 1. The third-order valence-electron chi connectivity index (χ3n) is 2.73. The van der Waals surface area contributed by atoms with E-state index >= 15 is 0 Å². The Hall–Kier alpha value is -2.49. The number of carboxylic acid groups (broad SMARTS) is 1. The van der Waals surface area contributed by atoms with Crippen molar-refractivity contribution in [3.05, 3.63) is 35.4 Å². The molecule has 0 radical (unpaired) electrons. The van der Waals surface area contributed by atoms with Crippen molar-refractivity contribution in [2.24, 2.45) is 5.92 Å². The van der Waals surface area contributed by atoms with Crippen molar-refractivity contribution < 1.29 is 23.5 Å². The molecule has 0 aliphatic carbocycles. The highest BCUT2D eigenvalue weighted by Gasteiger charge is 2.22. The molecule has 0 fully saturated rings. The lowest BCUT2D eigenvalue weighted by Crippen LogP contribution is -2.42. The molecule has 1 amide bonds. The lowest BCUT2D eigenvalue weighted by Gasteiger charge is -2.15. The molecule has 0 saturated heterocycles. The minimum atomic E-state index is -1.27. The van der Waals surface area contributed by atoms with Crippen LogP contribution in [0.1, 0.15) is 18.9 Å². The second-order valence-corrected chi connectivity index (χ2v) is 4.68. The van der Waals surface area contributed by atoms with Gasteiger partial charge in [-0.2, -0.15) is 5.26 Å². The molecule has 2 N–H and O–H groups in total. The predicted molar refractivity (Wildman–Crippen MR) is 69.0 cm³/mol. The molecule has 0 spiro atoms. The number of aliphatic carboxylic acids is 1. The number of halogens is 2. The van der Waals surface area contributed by atoms with Crippen LogP contribution in [0.4, 0.5) is 8.78 Å². The van der Waals surface area contributed by atoms with Gasteiger partial charge in [0, 0.05) is 12.0 Å². The van der Waals surface area contributed by atoms with Crippen LogP contribution in [0.2, 0.25) is 0 Å². The van der Waals surface area contributed by atoms with E-state index in [2.05, 4.69) is 5.32 Å². The Morgan fingerprint density at radius 3 is 2.38 bits per heavy atom. The zero-order chi connectivity index (χ0) is 16.0. The Kier molecular flexibility index (Phi) is 5.79. The van der Waals surface area contributed by atoms with Gasteiger partial charge in [0.15, 0.2) is 0 Å². The highest BCUT2D eigenvalue weighted by molar-refractivity contribution is 5.84. The average molecular weight is 296 g/mol. The summed E-state index contributed by atoms with van der Waals surface area (Å²) in [4.78, 5) is 22.7. The second kappa shape index (κ2) is 7.33. The molecule has 1 rings (SSSR count). The van der Waals surface area contributed by atoms with Crippen LogP contribution >= 0.6 is 0 Å². The van der Waals surface area contributed by atoms with Crippen molar-refractivity contribution in [1.82, 2.24) is 5.32 Å². The molecular weight excluding hydrogens is 282 g/mol. The smallest absolute Gasteiger partial charge is 0.326 e. The molecule has 0 aliphatic rings. The number of amides is 1. The van der Waals surface area contributed by atoms with E-state index in [-0.39, 0.29) is 18.4 Å². The Balaban J connectivity index is 2.70. The molecule has 0 heterocycles. The van der Waals surface area contributed by atoms with E-state index in [4.69, 9.17) is 10.4 Å². The Morgan fingerprint density at radius 2 is 1.90 bits per heavy atom. The molecular formula is C14H14F2N2O3. The van der Waals surface area contributed by atoms with Gasteiger partial charge in [0.05, 0.1) is 12.5 Å². The van der Waals surface area contributed by atoms with Gasteiger partial charge >= 0.3 is 5.97 Å². The van der Waals surface area contributed by atoms with Crippen molar-refractivity contribution >= 4 is 11.9 Å². The Morgan fingerprint density at radius 1 is 1.33 bits per heavy atom. The van der Waals surface area contributed by atoms with E-state index in [1.807, 2.05) is 6.07 Å². The predicted octanol–water partition coefficient (Wildman–Crippen LogP) is 1.63. The fourth-order valence-corrected chi connectivity index (χ4v) is 1.77. The Labute approximate surface area is 120 Å². The van der Waals surface area contributed by atoms with Crippen LogP contribution in [-0.4, -0.2) is 23.0 Å². The molecule has 1 aromatic carbocycles. The van der Waals surface area contributed by atoms with Crippen LogP contribution in [0.15, 0.2) is 18.2 Å². The van der Waals surface area contributed by atoms with E-state index in [0.29, 0.717) is 6.07 Å². The van der Waals surface area contributed by atoms with Gasteiger partial charge in [-0.25, -0.2) is 13.6 Å². The molecule has 112 valence electrons. The maximum Gasteiger partial charge on any atom is 0.326 e. The number of benzene rings is 1. The van der Waals surface area contributed by atoms with E-state index < -0.39 is 35.5 Å². The largest absolute Gasteiger partial charge is 0.480 e. The van der Waals surface area contributed by atoms with E-state index in [9.17, 15) is 18.4 Å². The lowest BCUT2D eigenvalue weighted by atomic mass is 10.0. The van der Waals surface area contributed by atoms with Gasteiger partial charge in [-0.15, -0.1) is 0 Å². The molecule has 5 nitrogen and oxygen atoms in total. The monoisotopic (exact) mass is 296 g/mol. The summed E-state index contributed by atoms with van der Waals surface area (Å²) in [6, 6.07) is 3.33. The minimum Gasteiger partial charge on any atom is -0.480 e. The number of hydrogen-bond donors (Lipinski definition) is 2. The molecule has 7 heteroatoms. The molecule has 0 aromatic heterocycles. The number of nitrogens with zero attached hydrogens (tertiary/aromatic N) is 1. The van der Waals surface area contributed by atoms with Gasteiger partial charge in [-0.05, 0) is 31.0 Å². The Bertz CT molecular complexity index is 564. The van der Waals surface area contributed by atoms with Crippen molar-refractivity contribution in [3.8, 4) is 6.07 Å². The topological polar surface area (TPSA) is 90.2 Å². The summed E-state index contributed by atoms with van der Waals surface area (Å²) in [6.07, 6.45) is -0.394. The first kappa shape index (κ1) is 16.6. The fraction of sp³-hybridized carbons (Fsp3) is 0.357. The standard InChI is InChI=1S/C14H14F2N2O3/c1-8(7-17)2-12(14(20)21)18-13(19)5-9-3-10(15)6-11(16)4-9/h3-4,6,8,12H,2,5H2,1H3,(H,18,19)(H,20,21)/t8-,12-/m0/s1. The van der Waals surface area contributed by atoms with Crippen LogP contribution < -0.4 is 5.32 Å². The van der Waals surface area contributed by atoms with Crippen molar-refractivity contribution in [3.63, 3.8) is 0 Å². The normalized spacial score (nSPS) is 13.0. The molecule has 21 heavy (non-hydrogen) atoms. The summed E-state index contributed by atoms with van der Waals surface area (Å²) in [5.41, 5.74) is 0.0995. The maximum atomic E-state index is 13.0. The van der Waals surface area contributed by atoms with Gasteiger partial charge in [0.1, 0.15) is 17.7 Å². The summed E-state index contributed by atoms with van der Waals surface area (Å²) in [6.45, 7) is 1.53. The van der Waals surface area contributed by atoms with Crippen LogP contribution in [0.25, 0.3) is 0 Å². The van der Waals surface area contributed by atoms with Crippen LogP contribution in [0.3, 0.4) is 0 Å². The van der Waals surface area contributed by atoms with E-state index in [0.717, 1.165) is 12.1 Å². The number of carbonyl (C=O) groups is 2. The van der Waals surface area contributed by atoms with Gasteiger partial charge in [0.25, 0.3) is 0 Å². The van der Waals surface area contributed by atoms with Crippen LogP contribution in [-0.2, 0) is 16.0 Å². The minimum absolute atomic E-state index is 0.0465. The zero-order valence-electron chi connectivity index (χ0n) is 11.3. The molecule has 1 aromatic rings. The SMILES string of the molecule is C[C@H](C#N)C[C@H](NC(=O)Cc1cc(F)cc(F)c1)C(=O)O. The average Bonchev–Trinajstić information content (AvgIpc) is 2.36. The number of carbonyl (C=O) groups excluding carboxylic acids is 1. The van der Waals surface area contributed by atoms with Crippen LogP contribution in [0.5, 0.6) is 0 Å². The number of hydrogen-bond acceptors (Lipinski definition) is 3. The van der Waals surface area contributed by atoms with Gasteiger partial charge in [-0.1, -0.05) is 0 Å². The summed E-state index contributed by atoms with van der Waals surface area (Å²) in [7, 11) is 0. The van der Waals surface area contributed by atoms with Crippen molar-refractivity contribution in [2.75, 3.05) is 0 Å². The van der Waals surface area contributed by atoms with Gasteiger partial charge in [-0.3, -0.25) is 4.79 Å². The third-order valence-corrected chi connectivity index (χ3v) is 2.73. The summed E-state index contributed by atoms with van der Waals surface area (Å²) in [5, 5.41) is 19.9. The fourth-order valence-electron chi connectivity index (χ4n) is 1.77. The lowest BCUT2D eigenvalue weighted by molar-refractivity contribution is -0.142. The number of carboxylic acids is 1. The number of rotatable bonds is 6. The highest BCUT2D eigenvalue weighted by atomic mass is 19.1. The molecule has 2 atom stereocenters. The van der Waals surface area contributed by atoms with Crippen LogP contribution in [0, 0.1) is 28.9 Å². The van der Waals surface area contributed by atoms with Crippen molar-refractivity contribution in [2.45, 2.75) is 25.8 Å². The van der Waals surface area contributed by atoms with Gasteiger partial charge in [0.2, 0.25) is 5.91 Å². The summed E-state index contributed by atoms with van der Waals surface area (Å²) < 4.78 is 26.0. The third kappa shape index (κ3) is 5.57. The highest BCUT2D eigenvalue weighted by Crippen LogP contribution is 2.10. The molecule has 0 saturated carbocycles. The van der Waals surface area contributed by atoms with E-state index in [1.165, 1.54) is 6.92 Å².